The van der Waals surface area contributed by atoms with E-state index >= 15 is 0 Å². The second-order valence-electron chi connectivity index (χ2n) is 4.45. The summed E-state index contributed by atoms with van der Waals surface area (Å²) in [5.41, 5.74) is 10.9. The van der Waals surface area contributed by atoms with E-state index in [2.05, 4.69) is 11.8 Å². The molecule has 1 atom stereocenters. The molecule has 1 amide bonds. The highest BCUT2D eigenvalue weighted by atomic mass is 16.1. The average molecular weight is 213 g/mol. The van der Waals surface area contributed by atoms with Gasteiger partial charge in [-0.3, -0.25) is 9.69 Å². The third-order valence-corrected chi connectivity index (χ3v) is 3.40. The molecule has 1 aliphatic rings. The molecule has 88 valence electrons. The third kappa shape index (κ3) is 3.80. The molecule has 4 nitrogen and oxygen atoms in total. The normalized spacial score (nSPS) is 21.5. The molecular formula is C11H23N3O. The highest BCUT2D eigenvalue weighted by Gasteiger charge is 2.24. The Morgan fingerprint density at radius 3 is 2.47 bits per heavy atom. The van der Waals surface area contributed by atoms with Crippen LogP contribution in [-0.4, -0.2) is 36.5 Å². The van der Waals surface area contributed by atoms with Crippen molar-refractivity contribution in [2.75, 3.05) is 19.6 Å². The van der Waals surface area contributed by atoms with Gasteiger partial charge in [0.2, 0.25) is 5.91 Å². The summed E-state index contributed by atoms with van der Waals surface area (Å²) in [6, 6.07) is 0.513. The topological polar surface area (TPSA) is 72.3 Å². The minimum atomic E-state index is -0.167. The summed E-state index contributed by atoms with van der Waals surface area (Å²) in [4.78, 5) is 13.2. The van der Waals surface area contributed by atoms with Crippen molar-refractivity contribution in [1.29, 1.82) is 0 Å². The first-order chi connectivity index (χ1) is 7.17. The van der Waals surface area contributed by atoms with E-state index in [9.17, 15) is 4.79 Å². The molecule has 4 N–H and O–H groups in total. The number of likely N-dealkylation sites (tertiary alicyclic amines) is 1. The predicted octanol–water partition coefficient (Wildman–Crippen LogP) is 0.311. The minimum Gasteiger partial charge on any atom is -0.370 e. The Hall–Kier alpha value is -0.610. The van der Waals surface area contributed by atoms with Crippen molar-refractivity contribution in [2.45, 2.75) is 38.6 Å². The van der Waals surface area contributed by atoms with E-state index in [4.69, 9.17) is 11.5 Å². The zero-order valence-electron chi connectivity index (χ0n) is 9.61. The van der Waals surface area contributed by atoms with Gasteiger partial charge in [-0.25, -0.2) is 0 Å². The number of carbonyl (C=O) groups excluding carboxylic acids is 1. The molecule has 4 heteroatoms. The van der Waals surface area contributed by atoms with Crippen molar-refractivity contribution < 1.29 is 4.79 Å². The molecular weight excluding hydrogens is 190 g/mol. The van der Waals surface area contributed by atoms with Gasteiger partial charge in [0, 0.05) is 19.0 Å². The molecule has 1 fully saturated rings. The smallest absolute Gasteiger partial charge is 0.217 e. The lowest BCUT2D eigenvalue weighted by molar-refractivity contribution is -0.119. The van der Waals surface area contributed by atoms with Crippen LogP contribution in [0.4, 0.5) is 0 Å². The van der Waals surface area contributed by atoms with Gasteiger partial charge in [0.05, 0.1) is 0 Å². The molecule has 0 aliphatic carbocycles. The van der Waals surface area contributed by atoms with E-state index < -0.39 is 0 Å². The molecule has 1 rings (SSSR count). The summed E-state index contributed by atoms with van der Waals surface area (Å²) < 4.78 is 0. The highest BCUT2D eigenvalue weighted by molar-refractivity contribution is 5.73. The van der Waals surface area contributed by atoms with E-state index in [-0.39, 0.29) is 5.91 Å². The van der Waals surface area contributed by atoms with E-state index in [0.29, 0.717) is 18.4 Å². The van der Waals surface area contributed by atoms with Gasteiger partial charge in [-0.1, -0.05) is 6.92 Å². The number of nitrogens with zero attached hydrogens (tertiary/aromatic N) is 1. The molecule has 0 spiro atoms. The SMILES string of the molecule is CCC(CN)N1CCC(CC(N)=O)CC1. The Kier molecular flexibility index (Phi) is 5.05. The third-order valence-electron chi connectivity index (χ3n) is 3.40. The quantitative estimate of drug-likeness (QED) is 0.690. The van der Waals surface area contributed by atoms with Crippen molar-refractivity contribution in [3.63, 3.8) is 0 Å². The number of primary amides is 1. The molecule has 1 aliphatic heterocycles. The van der Waals surface area contributed by atoms with E-state index in [1.165, 1.54) is 0 Å². The summed E-state index contributed by atoms with van der Waals surface area (Å²) in [6.45, 7) is 5.03. The molecule has 0 aromatic heterocycles. The molecule has 0 aromatic rings. The molecule has 1 saturated heterocycles. The van der Waals surface area contributed by atoms with Gasteiger partial charge in [0.15, 0.2) is 0 Å². The fraction of sp³-hybridized carbons (Fsp3) is 0.909. The Bertz CT molecular complexity index is 196. The number of hydrogen-bond acceptors (Lipinski definition) is 3. The summed E-state index contributed by atoms with van der Waals surface area (Å²) in [5, 5.41) is 0. The van der Waals surface area contributed by atoms with Gasteiger partial charge < -0.3 is 11.5 Å². The first-order valence-corrected chi connectivity index (χ1v) is 5.89. The number of carbonyl (C=O) groups is 1. The second kappa shape index (κ2) is 6.08. The van der Waals surface area contributed by atoms with Crippen LogP contribution >= 0.6 is 0 Å². The van der Waals surface area contributed by atoms with Crippen LogP contribution in [-0.2, 0) is 4.79 Å². The number of piperidine rings is 1. The highest BCUT2D eigenvalue weighted by Crippen LogP contribution is 2.22. The molecule has 0 bridgehead atoms. The van der Waals surface area contributed by atoms with E-state index in [1.54, 1.807) is 0 Å². The lowest BCUT2D eigenvalue weighted by atomic mass is 9.92. The zero-order chi connectivity index (χ0) is 11.3. The Balaban J connectivity index is 2.31. The largest absolute Gasteiger partial charge is 0.370 e. The average Bonchev–Trinajstić information content (AvgIpc) is 2.21. The molecule has 0 saturated carbocycles. The van der Waals surface area contributed by atoms with Gasteiger partial charge >= 0.3 is 0 Å². The molecule has 0 radical (unpaired) electrons. The van der Waals surface area contributed by atoms with Gasteiger partial charge in [0.25, 0.3) is 0 Å². The minimum absolute atomic E-state index is 0.167. The van der Waals surface area contributed by atoms with Crippen molar-refractivity contribution in [3.8, 4) is 0 Å². The fourth-order valence-corrected chi connectivity index (χ4v) is 2.38. The number of hydrogen-bond donors (Lipinski definition) is 2. The van der Waals surface area contributed by atoms with Crippen LogP contribution in [0.3, 0.4) is 0 Å². The molecule has 1 unspecified atom stereocenters. The zero-order valence-corrected chi connectivity index (χ0v) is 9.61. The lowest BCUT2D eigenvalue weighted by Gasteiger charge is -2.36. The Morgan fingerprint density at radius 1 is 1.47 bits per heavy atom. The van der Waals surface area contributed by atoms with Crippen LogP contribution in [0.1, 0.15) is 32.6 Å². The first-order valence-electron chi connectivity index (χ1n) is 5.89. The monoisotopic (exact) mass is 213 g/mol. The number of amides is 1. The molecule has 15 heavy (non-hydrogen) atoms. The van der Waals surface area contributed by atoms with Crippen LogP contribution in [0.15, 0.2) is 0 Å². The van der Waals surface area contributed by atoms with Gasteiger partial charge in [-0.15, -0.1) is 0 Å². The van der Waals surface area contributed by atoms with Crippen molar-refractivity contribution in [3.05, 3.63) is 0 Å². The number of rotatable bonds is 5. The fourth-order valence-electron chi connectivity index (χ4n) is 2.38. The Labute approximate surface area is 92.0 Å². The van der Waals surface area contributed by atoms with Crippen LogP contribution < -0.4 is 11.5 Å². The summed E-state index contributed by atoms with van der Waals surface area (Å²) in [5.74, 6) is 0.327. The van der Waals surface area contributed by atoms with Crippen LogP contribution in [0, 0.1) is 5.92 Å². The standard InChI is InChI=1S/C11H23N3O/c1-2-10(8-12)14-5-3-9(4-6-14)7-11(13)15/h9-10H,2-8,12H2,1H3,(H2,13,15). The summed E-state index contributed by atoms with van der Waals surface area (Å²) >= 11 is 0. The van der Waals surface area contributed by atoms with E-state index in [0.717, 1.165) is 38.9 Å². The number of nitrogens with two attached hydrogens (primary N) is 2. The van der Waals surface area contributed by atoms with Crippen LogP contribution in [0.2, 0.25) is 0 Å². The van der Waals surface area contributed by atoms with Gasteiger partial charge in [-0.05, 0) is 38.3 Å². The second-order valence-corrected chi connectivity index (χ2v) is 4.45. The maximum absolute atomic E-state index is 10.8. The van der Waals surface area contributed by atoms with Gasteiger partial charge in [-0.2, -0.15) is 0 Å². The maximum Gasteiger partial charge on any atom is 0.217 e. The van der Waals surface area contributed by atoms with Crippen molar-refractivity contribution in [2.24, 2.45) is 17.4 Å². The predicted molar refractivity (Wildman–Crippen MR) is 61.2 cm³/mol. The van der Waals surface area contributed by atoms with Crippen LogP contribution in [0.5, 0.6) is 0 Å². The van der Waals surface area contributed by atoms with Crippen molar-refractivity contribution in [1.82, 2.24) is 4.90 Å². The lowest BCUT2D eigenvalue weighted by Crippen LogP contribution is -2.45. The summed E-state index contributed by atoms with van der Waals surface area (Å²) in [7, 11) is 0. The summed E-state index contributed by atoms with van der Waals surface area (Å²) in [6.07, 6.45) is 3.82. The van der Waals surface area contributed by atoms with Crippen molar-refractivity contribution >= 4 is 5.91 Å². The first kappa shape index (κ1) is 12.5. The van der Waals surface area contributed by atoms with Crippen LogP contribution in [0.25, 0.3) is 0 Å². The molecule has 0 aromatic carbocycles. The maximum atomic E-state index is 10.8. The van der Waals surface area contributed by atoms with E-state index in [1.807, 2.05) is 0 Å². The Morgan fingerprint density at radius 2 is 2.07 bits per heavy atom. The van der Waals surface area contributed by atoms with Gasteiger partial charge in [0.1, 0.15) is 0 Å². The molecule has 1 heterocycles.